The van der Waals surface area contributed by atoms with E-state index in [1.165, 1.54) is 11.6 Å². The molecule has 0 bridgehead atoms. The highest BCUT2D eigenvalue weighted by Crippen LogP contribution is 2.29. The van der Waals surface area contributed by atoms with Crippen LogP contribution in [0.3, 0.4) is 0 Å². The van der Waals surface area contributed by atoms with E-state index in [9.17, 15) is 14.3 Å². The van der Waals surface area contributed by atoms with E-state index >= 15 is 0 Å². The maximum Gasteiger partial charge on any atom is 0.335 e. The van der Waals surface area contributed by atoms with Gasteiger partial charge in [0.2, 0.25) is 0 Å². The summed E-state index contributed by atoms with van der Waals surface area (Å²) in [6.45, 7) is 3.87. The Morgan fingerprint density at radius 3 is 2.73 bits per heavy atom. The molecule has 3 heterocycles. The number of hydrogen-bond acceptors (Lipinski definition) is 5. The quantitative estimate of drug-likeness (QED) is 0.231. The van der Waals surface area contributed by atoms with Crippen molar-refractivity contribution in [2.45, 2.75) is 51.5 Å². The number of aromatic nitrogens is 2. The average Bonchev–Trinajstić information content (AvgIpc) is 3.78. The van der Waals surface area contributed by atoms with E-state index in [0.29, 0.717) is 35.9 Å². The van der Waals surface area contributed by atoms with E-state index in [1.54, 1.807) is 24.3 Å². The van der Waals surface area contributed by atoms with Gasteiger partial charge in [-0.1, -0.05) is 36.1 Å². The van der Waals surface area contributed by atoms with Crippen LogP contribution in [0, 0.1) is 23.6 Å². The maximum atomic E-state index is 14.7. The lowest BCUT2D eigenvalue weighted by atomic mass is 9.99. The summed E-state index contributed by atoms with van der Waals surface area (Å²) < 4.78 is 28.5. The van der Waals surface area contributed by atoms with Gasteiger partial charge in [-0.05, 0) is 79.3 Å². The van der Waals surface area contributed by atoms with Crippen LogP contribution in [0.25, 0.3) is 16.6 Å². The number of ether oxygens (including phenoxy) is 2. The molecule has 0 amide bonds. The molecule has 1 unspecified atom stereocenters. The molecular weight excluding hydrogens is 557 g/mol. The fraction of sp³-hybridized carbons (Fsp3) is 0.333. The van der Waals surface area contributed by atoms with Crippen LogP contribution in [-0.4, -0.2) is 51.3 Å². The van der Waals surface area contributed by atoms with Gasteiger partial charge < -0.3 is 19.1 Å². The third-order valence-electron chi connectivity index (χ3n) is 8.56. The molecular formula is C36H34FN3O4. The minimum absolute atomic E-state index is 0.129. The predicted molar refractivity (Wildman–Crippen MR) is 166 cm³/mol. The number of carboxylic acid groups (broad SMARTS) is 1. The van der Waals surface area contributed by atoms with Crippen LogP contribution >= 0.6 is 0 Å². The van der Waals surface area contributed by atoms with Crippen molar-refractivity contribution in [3.05, 3.63) is 101 Å². The molecule has 1 aliphatic carbocycles. The van der Waals surface area contributed by atoms with Gasteiger partial charge in [0.05, 0.1) is 35.8 Å². The molecule has 1 atom stereocenters. The predicted octanol–water partition coefficient (Wildman–Crippen LogP) is 6.29. The van der Waals surface area contributed by atoms with E-state index in [0.717, 1.165) is 67.8 Å². The molecule has 44 heavy (non-hydrogen) atoms. The first-order valence-electron chi connectivity index (χ1n) is 15.3. The van der Waals surface area contributed by atoms with Crippen molar-refractivity contribution >= 4 is 22.6 Å². The Morgan fingerprint density at radius 1 is 1.11 bits per heavy atom. The SMILES string of the molecule is O=C(O)c1ccc2nc(CN3CC=C(c4cccc(OCc5ccc(C#CC6CC6)cc5F)c4)CC3)n(CC3CCO3)c2c1. The monoisotopic (exact) mass is 591 g/mol. The lowest BCUT2D eigenvalue weighted by Crippen LogP contribution is -2.33. The zero-order valence-corrected chi connectivity index (χ0v) is 24.5. The van der Waals surface area contributed by atoms with Gasteiger partial charge in [-0.2, -0.15) is 0 Å². The summed E-state index contributed by atoms with van der Waals surface area (Å²) in [6, 6.07) is 18.2. The Bertz CT molecular complexity index is 1810. The highest BCUT2D eigenvalue weighted by Gasteiger charge is 2.24. The standard InChI is InChI=1S/C36H34FN3O4/c37-32-18-25(7-6-24-4-5-24)8-9-29(32)23-44-30-3-1-2-27(19-30)26-12-15-39(16-13-26)22-35-38-33-11-10-28(36(41)42)20-34(33)40(35)21-31-14-17-43-31/h1-3,8-12,18-20,24,31H,4-5,13-17,21-23H2,(H,41,42). The van der Waals surface area contributed by atoms with Crippen molar-refractivity contribution in [2.24, 2.45) is 5.92 Å². The first kappa shape index (κ1) is 28.3. The molecule has 8 heteroatoms. The number of halogens is 1. The third kappa shape index (κ3) is 6.40. The molecule has 1 saturated heterocycles. The Morgan fingerprint density at radius 2 is 2.00 bits per heavy atom. The lowest BCUT2D eigenvalue weighted by molar-refractivity contribution is -0.0591. The lowest BCUT2D eigenvalue weighted by Gasteiger charge is -2.29. The summed E-state index contributed by atoms with van der Waals surface area (Å²) in [6.07, 6.45) is 6.53. The first-order chi connectivity index (χ1) is 21.5. The van der Waals surface area contributed by atoms with Crippen LogP contribution in [0.5, 0.6) is 5.75 Å². The molecule has 1 N–H and O–H groups in total. The van der Waals surface area contributed by atoms with E-state index < -0.39 is 5.97 Å². The summed E-state index contributed by atoms with van der Waals surface area (Å²) in [5, 5.41) is 9.52. The Balaban J connectivity index is 1.01. The molecule has 3 aromatic carbocycles. The van der Waals surface area contributed by atoms with Gasteiger partial charge >= 0.3 is 5.97 Å². The number of hydrogen-bond donors (Lipinski definition) is 1. The molecule has 7 rings (SSSR count). The van der Waals surface area contributed by atoms with Gasteiger partial charge in [-0.25, -0.2) is 14.2 Å². The van der Waals surface area contributed by atoms with E-state index in [4.69, 9.17) is 14.5 Å². The second-order valence-corrected chi connectivity index (χ2v) is 11.8. The minimum Gasteiger partial charge on any atom is -0.489 e. The summed E-state index contributed by atoms with van der Waals surface area (Å²) in [7, 11) is 0. The van der Waals surface area contributed by atoms with Crippen LogP contribution in [-0.2, 0) is 24.4 Å². The Hall–Kier alpha value is -4.45. The van der Waals surface area contributed by atoms with Crippen LogP contribution < -0.4 is 4.74 Å². The fourth-order valence-corrected chi connectivity index (χ4v) is 5.68. The number of benzene rings is 3. The summed E-state index contributed by atoms with van der Waals surface area (Å²) in [4.78, 5) is 18.8. The van der Waals surface area contributed by atoms with Crippen molar-refractivity contribution in [3.63, 3.8) is 0 Å². The van der Waals surface area contributed by atoms with E-state index in [1.807, 2.05) is 24.3 Å². The van der Waals surface area contributed by atoms with Crippen molar-refractivity contribution in [2.75, 3.05) is 19.7 Å². The average molecular weight is 592 g/mol. The molecule has 4 aromatic rings. The van der Waals surface area contributed by atoms with Crippen molar-refractivity contribution in [1.29, 1.82) is 0 Å². The normalized spacial score (nSPS) is 18.3. The minimum atomic E-state index is -0.945. The number of carboxylic acids is 1. The number of aromatic carboxylic acids is 1. The molecule has 1 saturated carbocycles. The van der Waals surface area contributed by atoms with Gasteiger partial charge in [0.1, 0.15) is 24.0 Å². The second-order valence-electron chi connectivity index (χ2n) is 11.8. The van der Waals surface area contributed by atoms with Gasteiger partial charge in [-0.15, -0.1) is 0 Å². The highest BCUT2D eigenvalue weighted by atomic mass is 19.1. The number of rotatable bonds is 9. The Kier molecular flexibility index (Phi) is 7.90. The molecule has 0 radical (unpaired) electrons. The number of nitrogens with zero attached hydrogens (tertiary/aromatic N) is 3. The number of carbonyl (C=O) groups is 1. The van der Waals surface area contributed by atoms with Crippen LogP contribution in [0.15, 0.2) is 66.7 Å². The first-order valence-corrected chi connectivity index (χ1v) is 15.3. The molecule has 1 aromatic heterocycles. The van der Waals surface area contributed by atoms with Crippen LogP contribution in [0.1, 0.15) is 58.6 Å². The zero-order valence-electron chi connectivity index (χ0n) is 24.5. The fourth-order valence-electron chi connectivity index (χ4n) is 5.68. The highest BCUT2D eigenvalue weighted by molar-refractivity contribution is 5.92. The molecule has 2 fully saturated rings. The van der Waals surface area contributed by atoms with E-state index in [-0.39, 0.29) is 24.1 Å². The zero-order chi connectivity index (χ0) is 30.0. The maximum absolute atomic E-state index is 14.7. The molecule has 0 spiro atoms. The number of fused-ring (bicyclic) bond motifs is 1. The van der Waals surface area contributed by atoms with Gasteiger partial charge in [0.25, 0.3) is 0 Å². The Labute approximate surface area is 255 Å². The van der Waals surface area contributed by atoms with Crippen molar-refractivity contribution in [1.82, 2.24) is 14.5 Å². The van der Waals surface area contributed by atoms with Gasteiger partial charge in [-0.3, -0.25) is 4.90 Å². The third-order valence-corrected chi connectivity index (χ3v) is 8.56. The van der Waals surface area contributed by atoms with Gasteiger partial charge in [0.15, 0.2) is 0 Å². The van der Waals surface area contributed by atoms with Crippen LogP contribution in [0.2, 0.25) is 0 Å². The van der Waals surface area contributed by atoms with E-state index in [2.05, 4.69) is 33.5 Å². The number of imidazole rings is 1. The summed E-state index contributed by atoms with van der Waals surface area (Å²) >= 11 is 0. The topological polar surface area (TPSA) is 76.8 Å². The van der Waals surface area contributed by atoms with Crippen molar-refractivity contribution < 1.29 is 23.8 Å². The van der Waals surface area contributed by atoms with Crippen LogP contribution in [0.4, 0.5) is 4.39 Å². The van der Waals surface area contributed by atoms with Gasteiger partial charge in [0, 0.05) is 36.7 Å². The summed E-state index contributed by atoms with van der Waals surface area (Å²) in [5.41, 5.74) is 5.45. The smallest absolute Gasteiger partial charge is 0.335 e. The molecule has 2 aliphatic heterocycles. The molecule has 224 valence electrons. The molecule has 7 nitrogen and oxygen atoms in total. The van der Waals surface area contributed by atoms with Crippen molar-refractivity contribution in [3.8, 4) is 17.6 Å². The largest absolute Gasteiger partial charge is 0.489 e. The second kappa shape index (κ2) is 12.3. The summed E-state index contributed by atoms with van der Waals surface area (Å²) in [5.74, 6) is 7.10. The molecule has 3 aliphatic rings.